The lowest BCUT2D eigenvalue weighted by molar-refractivity contribution is -0.137. The fourth-order valence-corrected chi connectivity index (χ4v) is 4.32. The molecule has 0 saturated carbocycles. The zero-order chi connectivity index (χ0) is 21.0. The van der Waals surface area contributed by atoms with Crippen molar-refractivity contribution in [1.82, 2.24) is 9.55 Å². The highest BCUT2D eigenvalue weighted by Gasteiger charge is 2.15. The molecular weight excluding hydrogens is 410 g/mol. The van der Waals surface area contributed by atoms with Crippen molar-refractivity contribution >= 4 is 50.9 Å². The number of thioether (sulfide) groups is 1. The van der Waals surface area contributed by atoms with Gasteiger partial charge in [-0.3, -0.25) is 19.0 Å². The molecule has 3 aromatic rings. The summed E-state index contributed by atoms with van der Waals surface area (Å²) in [6.45, 7) is 4.21. The summed E-state index contributed by atoms with van der Waals surface area (Å²) in [5.74, 6) is -0.754. The Morgan fingerprint density at radius 3 is 2.62 bits per heavy atom. The number of hydrogen-bond donors (Lipinski definition) is 2. The van der Waals surface area contributed by atoms with Crippen LogP contribution in [0, 0.1) is 0 Å². The number of amides is 1. The molecule has 0 aliphatic carbocycles. The topological polar surface area (TPSA) is 101 Å². The Hall–Kier alpha value is -2.65. The molecule has 29 heavy (non-hydrogen) atoms. The molecule has 2 aromatic heterocycles. The second kappa shape index (κ2) is 9.23. The van der Waals surface area contributed by atoms with Gasteiger partial charge in [-0.05, 0) is 35.1 Å². The van der Waals surface area contributed by atoms with Crippen molar-refractivity contribution in [3.8, 4) is 0 Å². The van der Waals surface area contributed by atoms with Crippen LogP contribution >= 0.6 is 23.1 Å². The Kier molecular flexibility index (Phi) is 6.71. The van der Waals surface area contributed by atoms with E-state index in [0.29, 0.717) is 27.0 Å². The van der Waals surface area contributed by atoms with E-state index >= 15 is 0 Å². The molecule has 2 N–H and O–H groups in total. The molecule has 3 rings (SSSR count). The van der Waals surface area contributed by atoms with Crippen molar-refractivity contribution in [2.24, 2.45) is 0 Å². The molecule has 0 atom stereocenters. The van der Waals surface area contributed by atoms with Gasteiger partial charge in [-0.1, -0.05) is 37.7 Å². The van der Waals surface area contributed by atoms with Gasteiger partial charge in [0.05, 0.1) is 17.7 Å². The average molecular weight is 432 g/mol. The van der Waals surface area contributed by atoms with Crippen molar-refractivity contribution in [2.75, 3.05) is 11.1 Å². The molecule has 9 heteroatoms. The summed E-state index contributed by atoms with van der Waals surface area (Å²) < 4.78 is 1.82. The molecular formula is C20H21N3O4S2. The normalized spacial score (nSPS) is 11.1. The number of benzene rings is 1. The largest absolute Gasteiger partial charge is 0.481 e. The predicted octanol–water partition coefficient (Wildman–Crippen LogP) is 3.79. The highest BCUT2D eigenvalue weighted by molar-refractivity contribution is 7.99. The van der Waals surface area contributed by atoms with Crippen LogP contribution in [0.25, 0.3) is 10.2 Å². The molecule has 0 radical (unpaired) electrons. The molecule has 1 aromatic carbocycles. The number of carbonyl (C=O) groups excluding carboxylic acids is 1. The fraction of sp³-hybridized carbons (Fsp3) is 0.300. The Bertz CT molecular complexity index is 1090. The van der Waals surface area contributed by atoms with Gasteiger partial charge < -0.3 is 10.4 Å². The highest BCUT2D eigenvalue weighted by Crippen LogP contribution is 2.22. The minimum Gasteiger partial charge on any atom is -0.481 e. The van der Waals surface area contributed by atoms with Gasteiger partial charge in [0.1, 0.15) is 4.70 Å². The summed E-state index contributed by atoms with van der Waals surface area (Å²) in [4.78, 5) is 40.4. The molecule has 1 amide bonds. The first kappa shape index (κ1) is 21.1. The number of aliphatic carboxylic acids is 1. The SMILES string of the molecule is CC(C)c1ccc(NC(=O)CSc2nc3ccsc3c(=O)n2CCC(=O)O)cc1. The lowest BCUT2D eigenvalue weighted by atomic mass is 10.0. The first-order valence-electron chi connectivity index (χ1n) is 9.07. The Labute approximate surface area is 175 Å². The molecule has 7 nitrogen and oxygen atoms in total. The van der Waals surface area contributed by atoms with Crippen LogP contribution < -0.4 is 10.9 Å². The number of aromatic nitrogens is 2. The molecule has 0 unspecified atom stereocenters. The van der Waals surface area contributed by atoms with E-state index < -0.39 is 5.97 Å². The van der Waals surface area contributed by atoms with Gasteiger partial charge in [0.25, 0.3) is 5.56 Å². The van der Waals surface area contributed by atoms with E-state index in [9.17, 15) is 14.4 Å². The predicted molar refractivity (Wildman–Crippen MR) is 116 cm³/mol. The molecule has 0 fully saturated rings. The first-order chi connectivity index (χ1) is 13.8. The van der Waals surface area contributed by atoms with Crippen LogP contribution in [0.15, 0.2) is 45.7 Å². The van der Waals surface area contributed by atoms with E-state index in [-0.39, 0.29) is 30.2 Å². The van der Waals surface area contributed by atoms with Crippen LogP contribution in [0.3, 0.4) is 0 Å². The number of anilines is 1. The third-order valence-electron chi connectivity index (χ3n) is 4.27. The number of thiophene rings is 1. The number of fused-ring (bicyclic) bond motifs is 1. The van der Waals surface area contributed by atoms with Gasteiger partial charge in [-0.15, -0.1) is 11.3 Å². The van der Waals surface area contributed by atoms with Gasteiger partial charge in [-0.25, -0.2) is 4.98 Å². The van der Waals surface area contributed by atoms with Crippen LogP contribution in [-0.4, -0.2) is 32.3 Å². The van der Waals surface area contributed by atoms with E-state index in [1.807, 2.05) is 24.3 Å². The highest BCUT2D eigenvalue weighted by atomic mass is 32.2. The van der Waals surface area contributed by atoms with Gasteiger partial charge in [0.2, 0.25) is 5.91 Å². The Morgan fingerprint density at radius 2 is 1.97 bits per heavy atom. The minimum absolute atomic E-state index is 0.00955. The fourth-order valence-electron chi connectivity index (χ4n) is 2.72. The van der Waals surface area contributed by atoms with E-state index in [1.54, 1.807) is 11.4 Å². The lowest BCUT2D eigenvalue weighted by Crippen LogP contribution is -2.24. The monoisotopic (exact) mass is 431 g/mol. The van der Waals surface area contributed by atoms with Crippen molar-refractivity contribution in [2.45, 2.75) is 37.9 Å². The Balaban J connectivity index is 1.73. The maximum absolute atomic E-state index is 12.7. The second-order valence-electron chi connectivity index (χ2n) is 6.74. The summed E-state index contributed by atoms with van der Waals surface area (Å²) >= 11 is 2.39. The summed E-state index contributed by atoms with van der Waals surface area (Å²) in [6, 6.07) is 9.40. The maximum atomic E-state index is 12.7. The molecule has 2 heterocycles. The summed E-state index contributed by atoms with van der Waals surface area (Å²) in [7, 11) is 0. The van der Waals surface area contributed by atoms with Gasteiger partial charge in [0, 0.05) is 12.2 Å². The molecule has 152 valence electrons. The van der Waals surface area contributed by atoms with E-state index in [0.717, 1.165) is 11.8 Å². The number of carboxylic acid groups (broad SMARTS) is 1. The lowest BCUT2D eigenvalue weighted by Gasteiger charge is -2.11. The molecule has 0 aliphatic heterocycles. The van der Waals surface area contributed by atoms with Crippen LogP contribution in [0.2, 0.25) is 0 Å². The Morgan fingerprint density at radius 1 is 1.24 bits per heavy atom. The van der Waals surface area contributed by atoms with Crippen LogP contribution in [0.4, 0.5) is 5.69 Å². The number of hydrogen-bond acceptors (Lipinski definition) is 6. The third kappa shape index (κ3) is 5.24. The van der Waals surface area contributed by atoms with Crippen molar-refractivity contribution in [1.29, 1.82) is 0 Å². The number of nitrogens with one attached hydrogen (secondary N) is 1. The molecule has 0 spiro atoms. The smallest absolute Gasteiger partial charge is 0.305 e. The van der Waals surface area contributed by atoms with Crippen molar-refractivity contribution in [3.63, 3.8) is 0 Å². The molecule has 0 saturated heterocycles. The molecule has 0 aliphatic rings. The number of carboxylic acids is 1. The molecule has 0 bridgehead atoms. The number of rotatable bonds is 8. The first-order valence-corrected chi connectivity index (χ1v) is 10.9. The van der Waals surface area contributed by atoms with Crippen LogP contribution in [0.5, 0.6) is 0 Å². The minimum atomic E-state index is -0.998. The maximum Gasteiger partial charge on any atom is 0.305 e. The van der Waals surface area contributed by atoms with E-state index in [4.69, 9.17) is 5.11 Å². The standard InChI is InChI=1S/C20H21N3O4S2/c1-12(2)13-3-5-14(6-4-13)21-16(24)11-29-20-22-15-8-10-28-18(15)19(27)23(20)9-7-17(25)26/h3-6,8,10,12H,7,9,11H2,1-2H3,(H,21,24)(H,25,26). The van der Waals surface area contributed by atoms with Gasteiger partial charge in [-0.2, -0.15) is 0 Å². The third-order valence-corrected chi connectivity index (χ3v) is 6.14. The van der Waals surface area contributed by atoms with Gasteiger partial charge >= 0.3 is 5.97 Å². The second-order valence-corrected chi connectivity index (χ2v) is 8.60. The van der Waals surface area contributed by atoms with Crippen molar-refractivity contribution < 1.29 is 14.7 Å². The summed E-state index contributed by atoms with van der Waals surface area (Å²) in [5.41, 5.74) is 2.16. The number of carbonyl (C=O) groups is 2. The van der Waals surface area contributed by atoms with Crippen LogP contribution in [0.1, 0.15) is 31.7 Å². The van der Waals surface area contributed by atoms with Crippen molar-refractivity contribution in [3.05, 3.63) is 51.6 Å². The van der Waals surface area contributed by atoms with Gasteiger partial charge in [0.15, 0.2) is 5.16 Å². The summed E-state index contributed by atoms with van der Waals surface area (Å²) in [6.07, 6.45) is -0.194. The van der Waals surface area contributed by atoms with E-state index in [2.05, 4.69) is 24.1 Å². The quantitative estimate of drug-likeness (QED) is 0.416. The summed E-state index contributed by atoms with van der Waals surface area (Å²) in [5, 5.41) is 13.9. The average Bonchev–Trinajstić information content (AvgIpc) is 3.15. The van der Waals surface area contributed by atoms with E-state index in [1.165, 1.54) is 21.5 Å². The zero-order valence-electron chi connectivity index (χ0n) is 16.0. The number of nitrogens with zero attached hydrogens (tertiary/aromatic N) is 2. The zero-order valence-corrected chi connectivity index (χ0v) is 17.7. The van der Waals surface area contributed by atoms with Crippen LogP contribution in [-0.2, 0) is 16.1 Å².